The Morgan fingerprint density at radius 2 is 1.83 bits per heavy atom. The summed E-state index contributed by atoms with van der Waals surface area (Å²) in [6.45, 7) is 5.39. The van der Waals surface area contributed by atoms with Gasteiger partial charge >= 0.3 is 0 Å². The summed E-state index contributed by atoms with van der Waals surface area (Å²) in [7, 11) is 0. The first-order valence-corrected chi connectivity index (χ1v) is 9.69. The number of benzene rings is 1. The van der Waals surface area contributed by atoms with Crippen LogP contribution < -0.4 is 5.32 Å². The van der Waals surface area contributed by atoms with E-state index in [2.05, 4.69) is 22.2 Å². The first kappa shape index (κ1) is 19.2. The topological polar surface area (TPSA) is 58.1 Å². The van der Waals surface area contributed by atoms with Gasteiger partial charge in [0, 0.05) is 42.1 Å². The van der Waals surface area contributed by atoms with Gasteiger partial charge < -0.3 is 10.2 Å². The van der Waals surface area contributed by atoms with Crippen molar-refractivity contribution in [2.24, 2.45) is 5.92 Å². The van der Waals surface area contributed by atoms with Crippen molar-refractivity contribution in [3.8, 4) is 0 Å². The SMILES string of the molecule is Cc1ccc2c(Nc3cc(F)cc(F)c3)c(C(=O)N3CCC(C)CC3)cnc2n1. The normalized spacial score (nSPS) is 15.0. The second-order valence-corrected chi connectivity index (χ2v) is 7.63. The summed E-state index contributed by atoms with van der Waals surface area (Å²) in [4.78, 5) is 23.8. The molecule has 0 aliphatic carbocycles. The van der Waals surface area contributed by atoms with Crippen molar-refractivity contribution in [3.05, 3.63) is 59.4 Å². The maximum atomic E-state index is 13.7. The molecule has 5 nitrogen and oxygen atoms in total. The number of likely N-dealkylation sites (tertiary alicyclic amines) is 1. The van der Waals surface area contributed by atoms with E-state index in [1.165, 1.54) is 18.3 Å². The molecule has 0 saturated carbocycles. The Hall–Kier alpha value is -3.09. The average molecular weight is 396 g/mol. The van der Waals surface area contributed by atoms with Crippen LogP contribution in [0, 0.1) is 24.5 Å². The molecule has 3 aromatic rings. The van der Waals surface area contributed by atoms with Gasteiger partial charge in [-0.25, -0.2) is 18.7 Å². The van der Waals surface area contributed by atoms with Gasteiger partial charge in [0.15, 0.2) is 5.65 Å². The summed E-state index contributed by atoms with van der Waals surface area (Å²) < 4.78 is 27.4. The lowest BCUT2D eigenvalue weighted by molar-refractivity contribution is 0.0698. The van der Waals surface area contributed by atoms with Gasteiger partial charge in [0.1, 0.15) is 11.6 Å². The fourth-order valence-electron chi connectivity index (χ4n) is 3.62. The lowest BCUT2D eigenvalue weighted by Crippen LogP contribution is -2.38. The van der Waals surface area contributed by atoms with Gasteiger partial charge in [0.05, 0.1) is 11.3 Å². The Balaban J connectivity index is 1.80. The maximum absolute atomic E-state index is 13.7. The molecule has 2 aromatic heterocycles. The molecular weight excluding hydrogens is 374 g/mol. The second-order valence-electron chi connectivity index (χ2n) is 7.63. The largest absolute Gasteiger partial charge is 0.354 e. The second kappa shape index (κ2) is 7.73. The number of carbonyl (C=O) groups excluding carboxylic acids is 1. The lowest BCUT2D eigenvalue weighted by Gasteiger charge is -2.31. The molecule has 1 aliphatic heterocycles. The van der Waals surface area contributed by atoms with Crippen LogP contribution in [0.5, 0.6) is 0 Å². The van der Waals surface area contributed by atoms with Gasteiger partial charge in [-0.2, -0.15) is 0 Å². The number of pyridine rings is 2. The minimum absolute atomic E-state index is 0.147. The van der Waals surface area contributed by atoms with E-state index in [1.54, 1.807) is 0 Å². The molecule has 0 bridgehead atoms. The maximum Gasteiger partial charge on any atom is 0.257 e. The highest BCUT2D eigenvalue weighted by Gasteiger charge is 2.25. The number of hydrogen-bond acceptors (Lipinski definition) is 4. The van der Waals surface area contributed by atoms with Gasteiger partial charge in [-0.05, 0) is 49.9 Å². The Bertz CT molecular complexity index is 1060. The van der Waals surface area contributed by atoms with Crippen molar-refractivity contribution in [1.82, 2.24) is 14.9 Å². The van der Waals surface area contributed by atoms with Crippen LogP contribution in [0.1, 0.15) is 35.8 Å². The summed E-state index contributed by atoms with van der Waals surface area (Å²) >= 11 is 0. The summed E-state index contributed by atoms with van der Waals surface area (Å²) in [6.07, 6.45) is 3.39. The van der Waals surface area contributed by atoms with Gasteiger partial charge in [0.25, 0.3) is 5.91 Å². The summed E-state index contributed by atoms with van der Waals surface area (Å²) in [5.74, 6) is -0.949. The molecule has 1 amide bonds. The fraction of sp³-hybridized carbons (Fsp3) is 0.318. The van der Waals surface area contributed by atoms with Gasteiger partial charge in [-0.1, -0.05) is 6.92 Å². The zero-order chi connectivity index (χ0) is 20.5. The smallest absolute Gasteiger partial charge is 0.257 e. The van der Waals surface area contributed by atoms with E-state index in [0.29, 0.717) is 41.3 Å². The fourth-order valence-corrected chi connectivity index (χ4v) is 3.62. The number of rotatable bonds is 3. The number of fused-ring (bicyclic) bond motifs is 1. The van der Waals surface area contributed by atoms with E-state index in [9.17, 15) is 13.6 Å². The molecule has 150 valence electrons. The number of halogens is 2. The standard InChI is InChI=1S/C22H22F2N4O/c1-13-5-7-28(8-6-13)22(29)19-12-25-21-18(4-3-14(2)26-21)20(19)27-17-10-15(23)9-16(24)11-17/h3-4,9-13H,5-8H2,1-2H3,(H,25,26,27). The molecule has 1 saturated heterocycles. The Labute approximate surface area is 167 Å². The molecule has 1 fully saturated rings. The van der Waals surface area contributed by atoms with E-state index >= 15 is 0 Å². The highest BCUT2D eigenvalue weighted by atomic mass is 19.1. The zero-order valence-electron chi connectivity index (χ0n) is 16.4. The Kier molecular flexibility index (Phi) is 5.13. The number of aromatic nitrogens is 2. The number of anilines is 2. The first-order chi connectivity index (χ1) is 13.9. The highest BCUT2D eigenvalue weighted by Crippen LogP contribution is 2.31. The number of nitrogens with one attached hydrogen (secondary N) is 1. The molecule has 3 heterocycles. The van der Waals surface area contributed by atoms with E-state index in [-0.39, 0.29) is 11.6 Å². The number of carbonyl (C=O) groups is 1. The van der Waals surface area contributed by atoms with Crippen LogP contribution in [0.15, 0.2) is 36.5 Å². The van der Waals surface area contributed by atoms with Gasteiger partial charge in [-0.3, -0.25) is 4.79 Å². The van der Waals surface area contributed by atoms with E-state index in [1.807, 2.05) is 24.0 Å². The summed E-state index contributed by atoms with van der Waals surface area (Å²) in [5, 5.41) is 3.66. The molecule has 29 heavy (non-hydrogen) atoms. The third-order valence-corrected chi connectivity index (χ3v) is 5.30. The van der Waals surface area contributed by atoms with Crippen LogP contribution in [0.2, 0.25) is 0 Å². The molecular formula is C22H22F2N4O. The molecule has 1 N–H and O–H groups in total. The van der Waals surface area contributed by atoms with Crippen LogP contribution in [-0.2, 0) is 0 Å². The monoisotopic (exact) mass is 396 g/mol. The molecule has 1 aliphatic rings. The molecule has 0 radical (unpaired) electrons. The average Bonchev–Trinajstić information content (AvgIpc) is 2.67. The Morgan fingerprint density at radius 3 is 2.52 bits per heavy atom. The van der Waals surface area contributed by atoms with Crippen molar-refractivity contribution in [2.75, 3.05) is 18.4 Å². The van der Waals surface area contributed by atoms with Crippen LogP contribution >= 0.6 is 0 Å². The van der Waals surface area contributed by atoms with Crippen molar-refractivity contribution in [2.45, 2.75) is 26.7 Å². The van der Waals surface area contributed by atoms with E-state index in [0.717, 1.165) is 24.6 Å². The molecule has 7 heteroatoms. The number of amides is 1. The first-order valence-electron chi connectivity index (χ1n) is 9.69. The minimum atomic E-state index is -0.697. The summed E-state index contributed by atoms with van der Waals surface area (Å²) in [6, 6.07) is 6.82. The van der Waals surface area contributed by atoms with Crippen molar-refractivity contribution in [3.63, 3.8) is 0 Å². The zero-order valence-corrected chi connectivity index (χ0v) is 16.4. The lowest BCUT2D eigenvalue weighted by atomic mass is 9.98. The van der Waals surface area contributed by atoms with Crippen LogP contribution in [0.4, 0.5) is 20.2 Å². The van der Waals surface area contributed by atoms with Crippen molar-refractivity contribution >= 4 is 28.3 Å². The van der Waals surface area contributed by atoms with Crippen LogP contribution in [0.3, 0.4) is 0 Å². The predicted octanol–water partition coefficient (Wildman–Crippen LogP) is 4.83. The van der Waals surface area contributed by atoms with E-state index in [4.69, 9.17) is 0 Å². The number of hydrogen-bond donors (Lipinski definition) is 1. The molecule has 0 spiro atoms. The predicted molar refractivity (Wildman–Crippen MR) is 108 cm³/mol. The molecule has 4 rings (SSSR count). The molecule has 0 atom stereocenters. The number of nitrogens with zero attached hydrogens (tertiary/aromatic N) is 3. The van der Waals surface area contributed by atoms with E-state index < -0.39 is 11.6 Å². The molecule has 1 aromatic carbocycles. The third-order valence-electron chi connectivity index (χ3n) is 5.30. The van der Waals surface area contributed by atoms with Gasteiger partial charge in [-0.15, -0.1) is 0 Å². The third kappa shape index (κ3) is 4.04. The van der Waals surface area contributed by atoms with Crippen LogP contribution in [0.25, 0.3) is 11.0 Å². The van der Waals surface area contributed by atoms with Crippen molar-refractivity contribution in [1.29, 1.82) is 0 Å². The van der Waals surface area contributed by atoms with Gasteiger partial charge in [0.2, 0.25) is 0 Å². The Morgan fingerprint density at radius 1 is 1.14 bits per heavy atom. The quantitative estimate of drug-likeness (QED) is 0.689. The number of piperidine rings is 1. The molecule has 0 unspecified atom stereocenters. The van der Waals surface area contributed by atoms with Crippen LogP contribution in [-0.4, -0.2) is 33.9 Å². The minimum Gasteiger partial charge on any atom is -0.354 e. The summed E-state index contributed by atoms with van der Waals surface area (Å²) in [5.41, 5.74) is 2.29. The van der Waals surface area contributed by atoms with Crippen molar-refractivity contribution < 1.29 is 13.6 Å². The number of aryl methyl sites for hydroxylation is 1. The highest BCUT2D eigenvalue weighted by molar-refractivity contribution is 6.07.